The lowest BCUT2D eigenvalue weighted by molar-refractivity contribution is 0.110. The maximum absolute atomic E-state index is 12.8. The maximum atomic E-state index is 12.8. The molecule has 3 rings (SSSR count). The second-order valence-electron chi connectivity index (χ2n) is 6.54. The molecule has 2 aromatic carbocycles. The lowest BCUT2D eigenvalue weighted by Crippen LogP contribution is -2.31. The largest absolute Gasteiger partial charge is 0.491 e. The van der Waals surface area contributed by atoms with Crippen LogP contribution in [0.25, 0.3) is 0 Å². The molecule has 3 N–H and O–H groups in total. The predicted octanol–water partition coefficient (Wildman–Crippen LogP) is 3.04. The van der Waals surface area contributed by atoms with Gasteiger partial charge in [-0.25, -0.2) is 13.1 Å². The van der Waals surface area contributed by atoms with Crippen LogP contribution in [0.5, 0.6) is 5.75 Å². The van der Waals surface area contributed by atoms with Crippen molar-refractivity contribution in [3.05, 3.63) is 53.6 Å². The van der Waals surface area contributed by atoms with E-state index in [9.17, 15) is 8.42 Å². The van der Waals surface area contributed by atoms with Crippen LogP contribution >= 0.6 is 0 Å². The first-order valence-corrected chi connectivity index (χ1v) is 10.7. The zero-order chi connectivity index (χ0) is 19.3. The summed E-state index contributed by atoms with van der Waals surface area (Å²) in [6, 6.07) is 11.9. The van der Waals surface area contributed by atoms with Gasteiger partial charge in [-0.3, -0.25) is 0 Å². The van der Waals surface area contributed by atoms with Crippen molar-refractivity contribution < 1.29 is 17.9 Å². The molecule has 1 aliphatic carbocycles. The lowest BCUT2D eigenvalue weighted by Gasteiger charge is -2.26. The quantitative estimate of drug-likeness (QED) is 0.534. The monoisotopic (exact) mass is 390 g/mol. The molecule has 0 radical (unpaired) electrons. The minimum absolute atomic E-state index is 0.224. The first kappa shape index (κ1) is 19.7. The van der Waals surface area contributed by atoms with Crippen molar-refractivity contribution in [3.63, 3.8) is 0 Å². The number of fused-ring (bicyclic) bond motifs is 1. The van der Waals surface area contributed by atoms with E-state index >= 15 is 0 Å². The number of benzene rings is 2. The average Bonchev–Trinajstić information content (AvgIpc) is 2.65. The highest BCUT2D eigenvalue weighted by atomic mass is 32.2. The summed E-state index contributed by atoms with van der Waals surface area (Å²) in [6.07, 6.45) is 2.62. The zero-order valence-corrected chi connectivity index (χ0v) is 16.3. The van der Waals surface area contributed by atoms with Crippen molar-refractivity contribution in [1.29, 1.82) is 0 Å². The van der Waals surface area contributed by atoms with E-state index in [4.69, 9.17) is 15.2 Å². The summed E-state index contributed by atoms with van der Waals surface area (Å²) < 4.78 is 39.2. The smallest absolute Gasteiger partial charge is 0.241 e. The molecule has 2 aromatic rings. The summed E-state index contributed by atoms with van der Waals surface area (Å²) in [7, 11) is -3.62. The molecule has 27 heavy (non-hydrogen) atoms. The second kappa shape index (κ2) is 8.73. The Morgan fingerprint density at radius 3 is 2.67 bits per heavy atom. The van der Waals surface area contributed by atoms with Gasteiger partial charge in [0.15, 0.2) is 0 Å². The fraction of sp³-hybridized carbons (Fsp3) is 0.400. The third kappa shape index (κ3) is 5.00. The molecule has 1 unspecified atom stereocenters. The van der Waals surface area contributed by atoms with Gasteiger partial charge in [-0.2, -0.15) is 0 Å². The molecule has 146 valence electrons. The number of nitrogen functional groups attached to an aromatic ring is 1. The molecule has 0 fully saturated rings. The SMILES string of the molecule is CCOCCOc1ccc(S(=O)(=O)NC2CCCc3cc(N)ccc32)cc1. The van der Waals surface area contributed by atoms with E-state index in [2.05, 4.69) is 4.72 Å². The van der Waals surface area contributed by atoms with Gasteiger partial charge in [0.2, 0.25) is 10.0 Å². The van der Waals surface area contributed by atoms with E-state index < -0.39 is 10.0 Å². The standard InChI is InChI=1S/C20H26N2O4S/c1-2-25-12-13-26-17-7-9-18(10-8-17)27(23,24)22-20-5-3-4-15-14-16(21)6-11-19(15)20/h6-11,14,20,22H,2-5,12-13,21H2,1H3. The highest BCUT2D eigenvalue weighted by Gasteiger charge is 2.25. The van der Waals surface area contributed by atoms with Crippen LogP contribution in [0.15, 0.2) is 47.4 Å². The third-order valence-electron chi connectivity index (χ3n) is 4.61. The molecular weight excluding hydrogens is 364 g/mol. The summed E-state index contributed by atoms with van der Waals surface area (Å²) in [6.45, 7) is 3.50. The van der Waals surface area contributed by atoms with Crippen molar-refractivity contribution in [2.45, 2.75) is 37.1 Å². The summed E-state index contributed by atoms with van der Waals surface area (Å²) >= 11 is 0. The van der Waals surface area contributed by atoms with Crippen LogP contribution in [0.3, 0.4) is 0 Å². The van der Waals surface area contributed by atoms with Gasteiger partial charge in [0.1, 0.15) is 12.4 Å². The van der Waals surface area contributed by atoms with Crippen LogP contribution in [0, 0.1) is 0 Å². The molecule has 1 aliphatic rings. The van der Waals surface area contributed by atoms with E-state index in [0.29, 0.717) is 31.3 Å². The molecule has 6 nitrogen and oxygen atoms in total. The first-order chi connectivity index (χ1) is 13.0. The molecule has 7 heteroatoms. The van der Waals surface area contributed by atoms with Gasteiger partial charge in [-0.1, -0.05) is 6.07 Å². The highest BCUT2D eigenvalue weighted by molar-refractivity contribution is 7.89. The number of nitrogens with one attached hydrogen (secondary N) is 1. The number of ether oxygens (including phenoxy) is 2. The summed E-state index contributed by atoms with van der Waals surface area (Å²) in [5.74, 6) is 0.618. The van der Waals surface area contributed by atoms with Crippen LogP contribution < -0.4 is 15.2 Å². The van der Waals surface area contributed by atoms with Crippen LogP contribution in [-0.4, -0.2) is 28.2 Å². The van der Waals surface area contributed by atoms with Crippen molar-refractivity contribution in [3.8, 4) is 5.75 Å². The van der Waals surface area contributed by atoms with Gasteiger partial charge in [0.05, 0.1) is 11.5 Å². The van der Waals surface area contributed by atoms with Gasteiger partial charge in [0.25, 0.3) is 0 Å². The number of rotatable bonds is 8. The fourth-order valence-corrected chi connectivity index (χ4v) is 4.54. The fourth-order valence-electron chi connectivity index (χ4n) is 3.29. The Morgan fingerprint density at radius 1 is 1.15 bits per heavy atom. The van der Waals surface area contributed by atoms with Gasteiger partial charge in [0, 0.05) is 18.3 Å². The molecule has 0 saturated carbocycles. The average molecular weight is 391 g/mol. The third-order valence-corrected chi connectivity index (χ3v) is 6.10. The van der Waals surface area contributed by atoms with Crippen LogP contribution in [0.2, 0.25) is 0 Å². The summed E-state index contributed by atoms with van der Waals surface area (Å²) in [4.78, 5) is 0.224. The van der Waals surface area contributed by atoms with E-state index in [1.54, 1.807) is 24.3 Å². The summed E-state index contributed by atoms with van der Waals surface area (Å²) in [5.41, 5.74) is 8.69. The van der Waals surface area contributed by atoms with Crippen molar-refractivity contribution in [1.82, 2.24) is 4.72 Å². The number of aryl methyl sites for hydroxylation is 1. The van der Waals surface area contributed by atoms with Crippen molar-refractivity contribution >= 4 is 15.7 Å². The number of sulfonamides is 1. The normalized spacial score (nSPS) is 16.7. The molecule has 0 saturated heterocycles. The number of hydrogen-bond donors (Lipinski definition) is 2. The van der Waals surface area contributed by atoms with Crippen molar-refractivity contribution in [2.75, 3.05) is 25.6 Å². The van der Waals surface area contributed by atoms with Crippen LogP contribution in [0.4, 0.5) is 5.69 Å². The highest BCUT2D eigenvalue weighted by Crippen LogP contribution is 2.32. The van der Waals surface area contributed by atoms with Gasteiger partial charge < -0.3 is 15.2 Å². The lowest BCUT2D eigenvalue weighted by atomic mass is 9.88. The van der Waals surface area contributed by atoms with Gasteiger partial charge >= 0.3 is 0 Å². The molecule has 0 aromatic heterocycles. The predicted molar refractivity (Wildman–Crippen MR) is 105 cm³/mol. The Morgan fingerprint density at radius 2 is 1.93 bits per heavy atom. The number of anilines is 1. The number of hydrogen-bond acceptors (Lipinski definition) is 5. The van der Waals surface area contributed by atoms with E-state index in [1.807, 2.05) is 25.1 Å². The van der Waals surface area contributed by atoms with E-state index in [-0.39, 0.29) is 10.9 Å². The van der Waals surface area contributed by atoms with E-state index in [0.717, 1.165) is 30.4 Å². The second-order valence-corrected chi connectivity index (χ2v) is 8.26. The Labute approximate surface area is 160 Å². The molecule has 0 amide bonds. The molecule has 0 spiro atoms. The maximum Gasteiger partial charge on any atom is 0.241 e. The number of nitrogens with two attached hydrogens (primary N) is 1. The van der Waals surface area contributed by atoms with Gasteiger partial charge in [-0.15, -0.1) is 0 Å². The zero-order valence-electron chi connectivity index (χ0n) is 15.5. The minimum Gasteiger partial charge on any atom is -0.491 e. The molecule has 0 heterocycles. The summed E-state index contributed by atoms with van der Waals surface area (Å²) in [5, 5.41) is 0. The van der Waals surface area contributed by atoms with Crippen LogP contribution in [-0.2, 0) is 21.2 Å². The molecule has 0 aliphatic heterocycles. The Kier molecular flexibility index (Phi) is 6.36. The topological polar surface area (TPSA) is 90.6 Å². The van der Waals surface area contributed by atoms with Crippen LogP contribution in [0.1, 0.15) is 36.9 Å². The molecular formula is C20H26N2O4S. The molecule has 1 atom stereocenters. The minimum atomic E-state index is -3.62. The van der Waals surface area contributed by atoms with E-state index in [1.165, 1.54) is 0 Å². The van der Waals surface area contributed by atoms with Crippen molar-refractivity contribution in [2.24, 2.45) is 0 Å². The Bertz CT molecular complexity index is 866. The first-order valence-electron chi connectivity index (χ1n) is 9.21. The molecule has 0 bridgehead atoms. The Hall–Kier alpha value is -2.09. The van der Waals surface area contributed by atoms with Gasteiger partial charge in [-0.05, 0) is 73.7 Å². The Balaban J connectivity index is 1.69.